The van der Waals surface area contributed by atoms with Crippen molar-refractivity contribution in [2.45, 2.75) is 19.9 Å². The number of hydrogen-bond donors (Lipinski definition) is 1. The molecule has 1 heterocycles. The predicted octanol–water partition coefficient (Wildman–Crippen LogP) is 3.45. The van der Waals surface area contributed by atoms with Crippen LogP contribution in [0.25, 0.3) is 11.0 Å². The molecule has 0 radical (unpaired) electrons. The van der Waals surface area contributed by atoms with Gasteiger partial charge >= 0.3 is 0 Å². The number of nitrogen functional groups attached to an aromatic ring is 1. The molecule has 3 aromatic rings. The SMILES string of the molecule is Cc1ccc2nc(N)n(CCc3cc(F)cc(F)c3)c2c1. The van der Waals surface area contributed by atoms with Gasteiger partial charge in [0.1, 0.15) is 11.6 Å². The van der Waals surface area contributed by atoms with Crippen LogP contribution in [-0.2, 0) is 13.0 Å². The summed E-state index contributed by atoms with van der Waals surface area (Å²) in [6.07, 6.45) is 0.484. The molecule has 3 rings (SSSR count). The van der Waals surface area contributed by atoms with Crippen molar-refractivity contribution in [1.82, 2.24) is 9.55 Å². The minimum atomic E-state index is -0.565. The van der Waals surface area contributed by atoms with Crippen LogP contribution in [0.4, 0.5) is 14.7 Å². The zero-order valence-corrected chi connectivity index (χ0v) is 11.6. The lowest BCUT2D eigenvalue weighted by molar-refractivity contribution is 0.577. The minimum absolute atomic E-state index is 0.410. The molecule has 0 aliphatic rings. The number of nitrogens with two attached hydrogens (primary N) is 1. The van der Waals surface area contributed by atoms with E-state index in [0.29, 0.717) is 24.5 Å². The molecule has 2 aromatic carbocycles. The number of halogens is 2. The molecule has 0 spiro atoms. The van der Waals surface area contributed by atoms with Crippen LogP contribution in [0.5, 0.6) is 0 Å². The minimum Gasteiger partial charge on any atom is -0.369 e. The highest BCUT2D eigenvalue weighted by Gasteiger charge is 2.09. The first-order valence-electron chi connectivity index (χ1n) is 6.70. The number of imidazole rings is 1. The number of aryl methyl sites for hydroxylation is 3. The molecule has 5 heteroatoms. The number of fused-ring (bicyclic) bond motifs is 1. The molecule has 2 N–H and O–H groups in total. The summed E-state index contributed by atoms with van der Waals surface area (Å²) in [5.41, 5.74) is 9.40. The number of aromatic nitrogens is 2. The Bertz CT molecular complexity index is 788. The zero-order chi connectivity index (χ0) is 15.0. The predicted molar refractivity (Wildman–Crippen MR) is 78.9 cm³/mol. The molecule has 1 aromatic heterocycles. The van der Waals surface area contributed by atoms with Crippen LogP contribution in [0, 0.1) is 18.6 Å². The highest BCUT2D eigenvalue weighted by molar-refractivity contribution is 5.79. The van der Waals surface area contributed by atoms with Gasteiger partial charge in [-0.15, -0.1) is 0 Å². The van der Waals surface area contributed by atoms with E-state index in [-0.39, 0.29) is 0 Å². The van der Waals surface area contributed by atoms with Gasteiger partial charge in [0.25, 0.3) is 0 Å². The Morgan fingerprint density at radius 3 is 2.52 bits per heavy atom. The molecule has 21 heavy (non-hydrogen) atoms. The Balaban J connectivity index is 1.91. The number of hydrogen-bond acceptors (Lipinski definition) is 2. The van der Waals surface area contributed by atoms with Crippen molar-refractivity contribution in [2.24, 2.45) is 0 Å². The van der Waals surface area contributed by atoms with Crippen molar-refractivity contribution < 1.29 is 8.78 Å². The van der Waals surface area contributed by atoms with Crippen molar-refractivity contribution in [2.75, 3.05) is 5.73 Å². The van der Waals surface area contributed by atoms with Gasteiger partial charge in [0.05, 0.1) is 11.0 Å². The lowest BCUT2D eigenvalue weighted by Crippen LogP contribution is -2.06. The topological polar surface area (TPSA) is 43.8 Å². The molecule has 0 aliphatic heterocycles. The van der Waals surface area contributed by atoms with Gasteiger partial charge in [-0.25, -0.2) is 13.8 Å². The van der Waals surface area contributed by atoms with Crippen molar-refractivity contribution in [3.8, 4) is 0 Å². The summed E-state index contributed by atoms with van der Waals surface area (Å²) < 4.78 is 28.3. The molecule has 0 aliphatic carbocycles. The van der Waals surface area contributed by atoms with Crippen LogP contribution in [0.1, 0.15) is 11.1 Å². The van der Waals surface area contributed by atoms with E-state index < -0.39 is 11.6 Å². The molecule has 0 unspecified atom stereocenters. The second-order valence-electron chi connectivity index (χ2n) is 5.14. The van der Waals surface area contributed by atoms with E-state index in [1.165, 1.54) is 12.1 Å². The lowest BCUT2D eigenvalue weighted by atomic mass is 10.1. The Kier molecular flexibility index (Phi) is 3.33. The van der Waals surface area contributed by atoms with Crippen LogP contribution in [0.15, 0.2) is 36.4 Å². The molecular formula is C16H15F2N3. The highest BCUT2D eigenvalue weighted by atomic mass is 19.1. The quantitative estimate of drug-likeness (QED) is 0.802. The molecule has 108 valence electrons. The van der Waals surface area contributed by atoms with E-state index in [0.717, 1.165) is 22.7 Å². The van der Waals surface area contributed by atoms with Crippen molar-refractivity contribution in [1.29, 1.82) is 0 Å². The maximum absolute atomic E-state index is 13.2. The maximum atomic E-state index is 13.2. The third-order valence-corrected chi connectivity index (χ3v) is 3.48. The highest BCUT2D eigenvalue weighted by Crippen LogP contribution is 2.20. The van der Waals surface area contributed by atoms with Crippen molar-refractivity contribution in [3.63, 3.8) is 0 Å². The largest absolute Gasteiger partial charge is 0.369 e. The average molecular weight is 287 g/mol. The first-order chi connectivity index (χ1) is 10.0. The fourth-order valence-corrected chi connectivity index (χ4v) is 2.48. The third kappa shape index (κ3) is 2.72. The Morgan fingerprint density at radius 2 is 1.81 bits per heavy atom. The third-order valence-electron chi connectivity index (χ3n) is 3.48. The second-order valence-corrected chi connectivity index (χ2v) is 5.14. The zero-order valence-electron chi connectivity index (χ0n) is 11.6. The van der Waals surface area contributed by atoms with Crippen LogP contribution < -0.4 is 5.73 Å². The van der Waals surface area contributed by atoms with E-state index in [1.54, 1.807) is 0 Å². The van der Waals surface area contributed by atoms with Crippen LogP contribution in [0.3, 0.4) is 0 Å². The van der Waals surface area contributed by atoms with E-state index in [2.05, 4.69) is 4.98 Å². The first-order valence-corrected chi connectivity index (χ1v) is 6.70. The van der Waals surface area contributed by atoms with Gasteiger partial charge in [-0.05, 0) is 48.7 Å². The average Bonchev–Trinajstić information content (AvgIpc) is 2.70. The normalized spacial score (nSPS) is 11.2. The van der Waals surface area contributed by atoms with E-state index >= 15 is 0 Å². The first kappa shape index (κ1) is 13.5. The number of rotatable bonds is 3. The van der Waals surface area contributed by atoms with Crippen LogP contribution in [-0.4, -0.2) is 9.55 Å². The number of anilines is 1. The summed E-state index contributed by atoms with van der Waals surface area (Å²) in [5, 5.41) is 0. The van der Waals surface area contributed by atoms with Gasteiger partial charge in [0.15, 0.2) is 0 Å². The summed E-state index contributed by atoms with van der Waals surface area (Å²) in [6, 6.07) is 9.44. The van der Waals surface area contributed by atoms with Gasteiger partial charge in [0, 0.05) is 12.6 Å². The Morgan fingerprint density at radius 1 is 1.10 bits per heavy atom. The molecule has 0 atom stereocenters. The summed E-state index contributed by atoms with van der Waals surface area (Å²) in [4.78, 5) is 4.29. The fraction of sp³-hybridized carbons (Fsp3) is 0.188. The number of nitrogens with zero attached hydrogens (tertiary/aromatic N) is 2. The van der Waals surface area contributed by atoms with E-state index in [9.17, 15) is 8.78 Å². The standard InChI is InChI=1S/C16H15F2N3/c1-10-2-3-14-15(6-10)21(16(19)20-14)5-4-11-7-12(17)9-13(18)8-11/h2-3,6-9H,4-5H2,1H3,(H2,19,20). The molecule has 0 saturated carbocycles. The molecule has 3 nitrogen and oxygen atoms in total. The summed E-state index contributed by atoms with van der Waals surface area (Å²) >= 11 is 0. The molecule has 0 bridgehead atoms. The Hall–Kier alpha value is -2.43. The molecule has 0 saturated heterocycles. The lowest BCUT2D eigenvalue weighted by Gasteiger charge is -2.07. The second kappa shape index (κ2) is 5.16. The fourth-order valence-electron chi connectivity index (χ4n) is 2.48. The van der Waals surface area contributed by atoms with Gasteiger partial charge in [0.2, 0.25) is 5.95 Å². The van der Waals surface area contributed by atoms with Crippen LogP contribution in [0.2, 0.25) is 0 Å². The van der Waals surface area contributed by atoms with Crippen LogP contribution >= 0.6 is 0 Å². The molecular weight excluding hydrogens is 272 g/mol. The van der Waals surface area contributed by atoms with Gasteiger partial charge in [-0.2, -0.15) is 0 Å². The monoisotopic (exact) mass is 287 g/mol. The summed E-state index contributed by atoms with van der Waals surface area (Å²) in [6.45, 7) is 2.52. The smallest absolute Gasteiger partial charge is 0.201 e. The van der Waals surface area contributed by atoms with Gasteiger partial charge < -0.3 is 10.3 Å². The van der Waals surface area contributed by atoms with E-state index in [1.807, 2.05) is 29.7 Å². The summed E-state index contributed by atoms with van der Waals surface area (Å²) in [5.74, 6) is -0.721. The number of benzene rings is 2. The molecule has 0 fully saturated rings. The Labute approximate surface area is 121 Å². The summed E-state index contributed by atoms with van der Waals surface area (Å²) in [7, 11) is 0. The maximum Gasteiger partial charge on any atom is 0.201 e. The van der Waals surface area contributed by atoms with Gasteiger partial charge in [-0.3, -0.25) is 0 Å². The van der Waals surface area contributed by atoms with Gasteiger partial charge in [-0.1, -0.05) is 6.07 Å². The van der Waals surface area contributed by atoms with Crippen molar-refractivity contribution in [3.05, 3.63) is 59.2 Å². The van der Waals surface area contributed by atoms with E-state index in [4.69, 9.17) is 5.73 Å². The molecule has 0 amide bonds. The van der Waals surface area contributed by atoms with Crippen molar-refractivity contribution >= 4 is 17.0 Å².